The highest BCUT2D eigenvalue weighted by Gasteiger charge is 2.08. The molecule has 0 atom stereocenters. The van der Waals surface area contributed by atoms with Gasteiger partial charge in [0.1, 0.15) is 0 Å². The third-order valence-corrected chi connectivity index (χ3v) is 3.16. The van der Waals surface area contributed by atoms with Crippen LogP contribution < -0.4 is 0 Å². The van der Waals surface area contributed by atoms with Crippen LogP contribution >= 0.6 is 0 Å². The molecule has 0 N–H and O–H groups in total. The normalized spacial score (nSPS) is 10.8. The molecule has 0 unspecified atom stereocenters. The molecular formula is C16H25. The maximum atomic E-state index is 4.30. The summed E-state index contributed by atoms with van der Waals surface area (Å²) in [4.78, 5) is 0. The van der Waals surface area contributed by atoms with Crippen molar-refractivity contribution in [3.8, 4) is 0 Å². The van der Waals surface area contributed by atoms with Crippen molar-refractivity contribution in [3.05, 3.63) is 41.3 Å². The van der Waals surface area contributed by atoms with Crippen LogP contribution in [0.1, 0.15) is 62.3 Å². The van der Waals surface area contributed by atoms with E-state index in [0.29, 0.717) is 0 Å². The summed E-state index contributed by atoms with van der Waals surface area (Å²) in [6, 6.07) is 4.62. The van der Waals surface area contributed by atoms with Crippen LogP contribution in [0, 0.1) is 6.92 Å². The summed E-state index contributed by atoms with van der Waals surface area (Å²) in [7, 11) is 0. The maximum Gasteiger partial charge on any atom is -0.0232 e. The molecule has 0 amide bonds. The first-order valence-corrected chi connectivity index (χ1v) is 6.70. The molecular weight excluding hydrogens is 192 g/mol. The van der Waals surface area contributed by atoms with E-state index in [1.54, 1.807) is 0 Å². The zero-order valence-corrected chi connectivity index (χ0v) is 11.1. The molecule has 0 aliphatic carbocycles. The molecule has 1 aromatic carbocycles. The van der Waals surface area contributed by atoms with Crippen LogP contribution in [0.5, 0.6) is 0 Å². The molecule has 0 nitrogen and oxygen atoms in total. The summed E-state index contributed by atoms with van der Waals surface area (Å²) < 4.78 is 0. The van der Waals surface area contributed by atoms with Gasteiger partial charge in [0.15, 0.2) is 0 Å². The molecule has 89 valence electrons. The molecule has 0 bridgehead atoms. The monoisotopic (exact) mass is 217 g/mol. The lowest BCUT2D eigenvalue weighted by molar-refractivity contribution is 0.844. The molecule has 0 saturated carbocycles. The van der Waals surface area contributed by atoms with Gasteiger partial charge >= 0.3 is 0 Å². The number of rotatable bonds is 6. The molecule has 1 rings (SSSR count). The fraction of sp³-hybridized carbons (Fsp3) is 0.562. The Kier molecular flexibility index (Phi) is 5.59. The van der Waals surface area contributed by atoms with Gasteiger partial charge < -0.3 is 0 Å². The number of hydrogen-bond donors (Lipinski definition) is 0. The lowest BCUT2D eigenvalue weighted by Gasteiger charge is -2.15. The van der Waals surface area contributed by atoms with Crippen LogP contribution in [-0.4, -0.2) is 0 Å². The molecule has 0 aliphatic heterocycles. The first-order valence-electron chi connectivity index (χ1n) is 6.70. The number of benzene rings is 1. The van der Waals surface area contributed by atoms with Crippen molar-refractivity contribution in [1.29, 1.82) is 0 Å². The summed E-state index contributed by atoms with van der Waals surface area (Å²) in [5.41, 5.74) is 5.81. The third kappa shape index (κ3) is 3.10. The standard InChI is InChI=1S/C16H25/c1-5-8-14-11-12-15(9-6-2)16(10-7-3)13(14)4/h11-12H,4-10H2,1-3H3. The van der Waals surface area contributed by atoms with Crippen LogP contribution in [0.3, 0.4) is 0 Å². The van der Waals surface area contributed by atoms with E-state index in [9.17, 15) is 0 Å². The SMILES string of the molecule is [CH2]c1c(CCC)ccc(CCC)c1CCC. The highest BCUT2D eigenvalue weighted by molar-refractivity contribution is 5.43. The molecule has 1 radical (unpaired) electrons. The molecule has 16 heavy (non-hydrogen) atoms. The van der Waals surface area contributed by atoms with Crippen molar-refractivity contribution in [2.75, 3.05) is 0 Å². The topological polar surface area (TPSA) is 0 Å². The Hall–Kier alpha value is -0.780. The van der Waals surface area contributed by atoms with Gasteiger partial charge in [0.05, 0.1) is 0 Å². The van der Waals surface area contributed by atoms with Crippen LogP contribution in [0.2, 0.25) is 0 Å². The summed E-state index contributed by atoms with van der Waals surface area (Å²) >= 11 is 0. The Balaban J connectivity index is 3.07. The highest BCUT2D eigenvalue weighted by Crippen LogP contribution is 2.22. The highest BCUT2D eigenvalue weighted by atomic mass is 14.1. The second-order valence-electron chi connectivity index (χ2n) is 4.59. The van der Waals surface area contributed by atoms with E-state index in [2.05, 4.69) is 39.8 Å². The van der Waals surface area contributed by atoms with Gasteiger partial charge in [-0.2, -0.15) is 0 Å². The number of aryl methyl sites for hydroxylation is 2. The predicted octanol–water partition coefficient (Wildman–Crippen LogP) is 4.73. The van der Waals surface area contributed by atoms with Crippen molar-refractivity contribution in [2.24, 2.45) is 0 Å². The molecule has 0 spiro atoms. The van der Waals surface area contributed by atoms with Gasteiger partial charge in [-0.05, 0) is 48.4 Å². The minimum atomic E-state index is 1.17. The van der Waals surface area contributed by atoms with E-state index in [1.165, 1.54) is 60.8 Å². The van der Waals surface area contributed by atoms with Crippen molar-refractivity contribution in [3.63, 3.8) is 0 Å². The van der Waals surface area contributed by atoms with Crippen molar-refractivity contribution >= 4 is 0 Å². The summed E-state index contributed by atoms with van der Waals surface area (Å²) in [6.07, 6.45) is 7.21. The van der Waals surface area contributed by atoms with Gasteiger partial charge in [0, 0.05) is 0 Å². The molecule has 0 heterocycles. The third-order valence-electron chi connectivity index (χ3n) is 3.16. The van der Waals surface area contributed by atoms with E-state index in [-0.39, 0.29) is 0 Å². The van der Waals surface area contributed by atoms with Crippen molar-refractivity contribution < 1.29 is 0 Å². The minimum absolute atomic E-state index is 1.17. The molecule has 1 aromatic rings. The summed E-state index contributed by atoms with van der Waals surface area (Å²) in [6.45, 7) is 11.0. The summed E-state index contributed by atoms with van der Waals surface area (Å²) in [5.74, 6) is 0. The fourth-order valence-corrected chi connectivity index (χ4v) is 2.36. The van der Waals surface area contributed by atoms with E-state index in [4.69, 9.17) is 0 Å². The second kappa shape index (κ2) is 6.73. The average Bonchev–Trinajstić information content (AvgIpc) is 2.28. The summed E-state index contributed by atoms with van der Waals surface area (Å²) in [5, 5.41) is 0. The molecule has 0 fully saturated rings. The van der Waals surface area contributed by atoms with Crippen molar-refractivity contribution in [2.45, 2.75) is 59.3 Å². The minimum Gasteiger partial charge on any atom is -0.0651 e. The lowest BCUT2D eigenvalue weighted by atomic mass is 9.90. The fourth-order valence-electron chi connectivity index (χ4n) is 2.36. The van der Waals surface area contributed by atoms with Gasteiger partial charge in [-0.3, -0.25) is 0 Å². The van der Waals surface area contributed by atoms with Gasteiger partial charge in [0.25, 0.3) is 0 Å². The van der Waals surface area contributed by atoms with E-state index >= 15 is 0 Å². The zero-order valence-electron chi connectivity index (χ0n) is 11.1. The maximum absolute atomic E-state index is 4.30. The van der Waals surface area contributed by atoms with Crippen LogP contribution in [0.25, 0.3) is 0 Å². The van der Waals surface area contributed by atoms with Gasteiger partial charge in [-0.15, -0.1) is 0 Å². The van der Waals surface area contributed by atoms with Crippen molar-refractivity contribution in [1.82, 2.24) is 0 Å². The van der Waals surface area contributed by atoms with Gasteiger partial charge in [0.2, 0.25) is 0 Å². The second-order valence-corrected chi connectivity index (χ2v) is 4.59. The zero-order chi connectivity index (χ0) is 12.0. The quantitative estimate of drug-likeness (QED) is 0.646. The molecule has 0 aromatic heterocycles. The van der Waals surface area contributed by atoms with E-state index in [1.807, 2.05) is 0 Å². The Labute approximate surface area is 101 Å². The van der Waals surface area contributed by atoms with Crippen LogP contribution in [0.4, 0.5) is 0 Å². The predicted molar refractivity (Wildman–Crippen MR) is 72.9 cm³/mol. The molecule has 0 saturated heterocycles. The lowest BCUT2D eigenvalue weighted by Crippen LogP contribution is -2.01. The number of hydrogen-bond acceptors (Lipinski definition) is 0. The van der Waals surface area contributed by atoms with Gasteiger partial charge in [-0.25, -0.2) is 0 Å². The first-order chi connectivity index (χ1) is 7.74. The van der Waals surface area contributed by atoms with E-state index < -0.39 is 0 Å². The molecule has 0 heteroatoms. The van der Waals surface area contributed by atoms with E-state index in [0.717, 1.165) is 0 Å². The Morgan fingerprint density at radius 3 is 1.88 bits per heavy atom. The van der Waals surface area contributed by atoms with Gasteiger partial charge in [-0.1, -0.05) is 52.2 Å². The van der Waals surface area contributed by atoms with Crippen LogP contribution in [-0.2, 0) is 19.3 Å². The Morgan fingerprint density at radius 1 is 0.812 bits per heavy atom. The average molecular weight is 217 g/mol. The first kappa shape index (κ1) is 13.3. The molecule has 0 aliphatic rings. The Bertz CT molecular complexity index is 323. The van der Waals surface area contributed by atoms with Crippen LogP contribution in [0.15, 0.2) is 12.1 Å². The smallest absolute Gasteiger partial charge is 0.0232 e. The Morgan fingerprint density at radius 2 is 1.31 bits per heavy atom. The largest absolute Gasteiger partial charge is 0.0651 e.